The summed E-state index contributed by atoms with van der Waals surface area (Å²) < 4.78 is 6.00. The molecule has 1 aromatic heterocycles. The van der Waals surface area contributed by atoms with Gasteiger partial charge in [-0.25, -0.2) is 9.97 Å². The minimum atomic E-state index is 0.414. The summed E-state index contributed by atoms with van der Waals surface area (Å²) >= 11 is 0. The number of rotatable bonds is 7. The number of aromatic nitrogens is 2. The van der Waals surface area contributed by atoms with E-state index in [2.05, 4.69) is 20.6 Å². The van der Waals surface area contributed by atoms with Crippen molar-refractivity contribution in [3.63, 3.8) is 0 Å². The lowest BCUT2D eigenvalue weighted by atomic mass is 10.1. The lowest BCUT2D eigenvalue weighted by Gasteiger charge is -2.23. The highest BCUT2D eigenvalue weighted by Crippen LogP contribution is 2.24. The van der Waals surface area contributed by atoms with Crippen molar-refractivity contribution in [2.45, 2.75) is 25.3 Å². The molecule has 5 N–H and O–H groups in total. The first kappa shape index (κ1) is 19.8. The fourth-order valence-electron chi connectivity index (χ4n) is 3.48. The maximum absolute atomic E-state index is 7.45. The molecule has 1 fully saturated rings. The van der Waals surface area contributed by atoms with Crippen LogP contribution in [0.1, 0.15) is 24.8 Å². The van der Waals surface area contributed by atoms with E-state index in [1.165, 1.54) is 19.1 Å². The smallest absolute Gasteiger partial charge is 0.161 e. The zero-order chi connectivity index (χ0) is 20.8. The normalized spacial score (nSPS) is 16.1. The first-order valence-corrected chi connectivity index (χ1v) is 10.2. The second-order valence-corrected chi connectivity index (χ2v) is 7.36. The monoisotopic (exact) mass is 402 g/mol. The standard InChI is InChI=1S/C23H26N6O/c24-14-17-12-18(7-8-21(17)25)28-22-9-11-27-23(29-22)16-4-3-6-20(13-16)30-15-19-5-1-2-10-26-19/h3-4,6-9,11-14,19,24,26H,1-2,5,10,15,25H2,(H,27,28,29). The Bertz CT molecular complexity index is 1020. The van der Waals surface area contributed by atoms with Gasteiger partial charge in [0.25, 0.3) is 0 Å². The zero-order valence-electron chi connectivity index (χ0n) is 16.8. The van der Waals surface area contributed by atoms with Gasteiger partial charge in [0.05, 0.1) is 0 Å². The van der Waals surface area contributed by atoms with Crippen molar-refractivity contribution in [1.82, 2.24) is 15.3 Å². The summed E-state index contributed by atoms with van der Waals surface area (Å²) in [4.78, 5) is 9.04. The molecular weight excluding hydrogens is 376 g/mol. The van der Waals surface area contributed by atoms with Crippen molar-refractivity contribution < 1.29 is 4.74 Å². The van der Waals surface area contributed by atoms with E-state index in [9.17, 15) is 0 Å². The average molecular weight is 403 g/mol. The number of nitrogens with zero attached hydrogens (tertiary/aromatic N) is 2. The molecule has 30 heavy (non-hydrogen) atoms. The Balaban J connectivity index is 1.47. The Morgan fingerprint density at radius 3 is 2.97 bits per heavy atom. The molecule has 0 radical (unpaired) electrons. The number of nitrogens with two attached hydrogens (primary N) is 1. The molecule has 0 amide bonds. The summed E-state index contributed by atoms with van der Waals surface area (Å²) in [5.41, 5.74) is 8.79. The van der Waals surface area contributed by atoms with Crippen LogP contribution in [0.4, 0.5) is 17.2 Å². The lowest BCUT2D eigenvalue weighted by molar-refractivity contribution is 0.239. The molecule has 1 aliphatic heterocycles. The first-order chi connectivity index (χ1) is 14.7. The molecule has 0 aliphatic carbocycles. The number of nitrogens with one attached hydrogen (secondary N) is 3. The van der Waals surface area contributed by atoms with Crippen molar-refractivity contribution in [3.05, 3.63) is 60.3 Å². The van der Waals surface area contributed by atoms with Gasteiger partial charge in [-0.2, -0.15) is 0 Å². The maximum Gasteiger partial charge on any atom is 0.161 e. The predicted molar refractivity (Wildman–Crippen MR) is 121 cm³/mol. The largest absolute Gasteiger partial charge is 0.492 e. The summed E-state index contributed by atoms with van der Waals surface area (Å²) in [5.74, 6) is 2.10. The highest BCUT2D eigenvalue weighted by molar-refractivity contribution is 5.87. The highest BCUT2D eigenvalue weighted by atomic mass is 16.5. The first-order valence-electron chi connectivity index (χ1n) is 10.2. The molecule has 2 aromatic carbocycles. The summed E-state index contributed by atoms with van der Waals surface area (Å²) in [5, 5.41) is 14.2. The average Bonchev–Trinajstić information content (AvgIpc) is 2.80. The SMILES string of the molecule is N=Cc1cc(Nc2ccnc(-c3cccc(OCC4CCCCN4)c3)n2)ccc1N. The van der Waals surface area contributed by atoms with E-state index in [1.807, 2.05) is 36.4 Å². The van der Waals surface area contributed by atoms with Crippen LogP contribution in [0.3, 0.4) is 0 Å². The number of hydrogen-bond donors (Lipinski definition) is 4. The van der Waals surface area contributed by atoms with Crippen LogP contribution in [-0.4, -0.2) is 35.4 Å². The fraction of sp³-hybridized carbons (Fsp3) is 0.261. The van der Waals surface area contributed by atoms with E-state index >= 15 is 0 Å². The van der Waals surface area contributed by atoms with E-state index in [4.69, 9.17) is 15.9 Å². The van der Waals surface area contributed by atoms with Crippen LogP contribution in [0.15, 0.2) is 54.7 Å². The van der Waals surface area contributed by atoms with Gasteiger partial charge in [0.2, 0.25) is 0 Å². The highest BCUT2D eigenvalue weighted by Gasteiger charge is 2.13. The Labute approximate surface area is 176 Å². The molecule has 0 saturated carbocycles. The molecule has 154 valence electrons. The van der Waals surface area contributed by atoms with Crippen LogP contribution >= 0.6 is 0 Å². The number of piperidine rings is 1. The minimum absolute atomic E-state index is 0.414. The van der Waals surface area contributed by atoms with E-state index < -0.39 is 0 Å². The summed E-state index contributed by atoms with van der Waals surface area (Å²) in [6, 6.07) is 15.5. The van der Waals surface area contributed by atoms with Gasteiger partial charge in [0.1, 0.15) is 18.2 Å². The van der Waals surface area contributed by atoms with Crippen molar-refractivity contribution in [3.8, 4) is 17.1 Å². The number of nitrogen functional groups attached to an aromatic ring is 1. The third-order valence-electron chi connectivity index (χ3n) is 5.13. The maximum atomic E-state index is 7.45. The van der Waals surface area contributed by atoms with Crippen LogP contribution in [-0.2, 0) is 0 Å². The second-order valence-electron chi connectivity index (χ2n) is 7.36. The third-order valence-corrected chi connectivity index (χ3v) is 5.13. The molecule has 0 bridgehead atoms. The molecule has 7 heteroatoms. The van der Waals surface area contributed by atoms with Crippen LogP contribution in [0.2, 0.25) is 0 Å². The van der Waals surface area contributed by atoms with Crippen LogP contribution in [0.25, 0.3) is 11.4 Å². The summed E-state index contributed by atoms with van der Waals surface area (Å²) in [7, 11) is 0. The van der Waals surface area contributed by atoms with Gasteiger partial charge < -0.3 is 26.5 Å². The summed E-state index contributed by atoms with van der Waals surface area (Å²) in [6.45, 7) is 1.73. The Kier molecular flexibility index (Phi) is 6.20. The molecule has 1 aliphatic rings. The van der Waals surface area contributed by atoms with Gasteiger partial charge in [0, 0.05) is 41.0 Å². The second kappa shape index (κ2) is 9.37. The van der Waals surface area contributed by atoms with Gasteiger partial charge in [-0.3, -0.25) is 0 Å². The van der Waals surface area contributed by atoms with E-state index in [-0.39, 0.29) is 0 Å². The van der Waals surface area contributed by atoms with Crippen molar-refractivity contribution >= 4 is 23.4 Å². The fourth-order valence-corrected chi connectivity index (χ4v) is 3.48. The molecule has 1 unspecified atom stereocenters. The van der Waals surface area contributed by atoms with Gasteiger partial charge in [-0.1, -0.05) is 18.6 Å². The van der Waals surface area contributed by atoms with Gasteiger partial charge in [-0.15, -0.1) is 0 Å². The molecule has 0 spiro atoms. The third kappa shape index (κ3) is 4.93. The van der Waals surface area contributed by atoms with E-state index in [0.717, 1.165) is 30.0 Å². The lowest BCUT2D eigenvalue weighted by Crippen LogP contribution is -2.38. The van der Waals surface area contributed by atoms with Crippen LogP contribution < -0.4 is 21.1 Å². The van der Waals surface area contributed by atoms with Crippen LogP contribution in [0.5, 0.6) is 5.75 Å². The van der Waals surface area contributed by atoms with Crippen molar-refractivity contribution in [1.29, 1.82) is 5.41 Å². The van der Waals surface area contributed by atoms with Crippen LogP contribution in [0, 0.1) is 5.41 Å². The quantitative estimate of drug-likeness (QED) is 0.351. The number of anilines is 3. The summed E-state index contributed by atoms with van der Waals surface area (Å²) in [6.07, 6.45) is 6.61. The Morgan fingerprint density at radius 2 is 2.13 bits per heavy atom. The topological polar surface area (TPSA) is 109 Å². The Morgan fingerprint density at radius 1 is 1.20 bits per heavy atom. The van der Waals surface area contributed by atoms with Gasteiger partial charge in [0.15, 0.2) is 5.82 Å². The zero-order valence-corrected chi connectivity index (χ0v) is 16.8. The predicted octanol–water partition coefficient (Wildman–Crippen LogP) is 3.99. The molecule has 1 saturated heterocycles. The molecule has 1 atom stereocenters. The van der Waals surface area contributed by atoms with E-state index in [0.29, 0.717) is 35.5 Å². The Hall–Kier alpha value is -3.45. The molecule has 3 aromatic rings. The minimum Gasteiger partial charge on any atom is -0.492 e. The number of ether oxygens (including phenoxy) is 1. The van der Waals surface area contributed by atoms with Crippen molar-refractivity contribution in [2.24, 2.45) is 0 Å². The van der Waals surface area contributed by atoms with Gasteiger partial charge >= 0.3 is 0 Å². The molecule has 2 heterocycles. The van der Waals surface area contributed by atoms with Gasteiger partial charge in [-0.05, 0) is 55.8 Å². The molecule has 4 rings (SSSR count). The number of hydrogen-bond acceptors (Lipinski definition) is 7. The molecule has 7 nitrogen and oxygen atoms in total. The van der Waals surface area contributed by atoms with Crippen molar-refractivity contribution in [2.75, 3.05) is 24.2 Å². The number of benzene rings is 2. The molecular formula is C23H26N6O. The van der Waals surface area contributed by atoms with E-state index in [1.54, 1.807) is 18.3 Å².